The molecule has 0 fully saturated rings. The lowest BCUT2D eigenvalue weighted by Gasteiger charge is -2.05. The largest absolute Gasteiger partial charge is 0.497 e. The first-order valence-corrected chi connectivity index (χ1v) is 8.28. The molecule has 3 aromatic rings. The maximum absolute atomic E-state index is 12.2. The predicted molar refractivity (Wildman–Crippen MR) is 98.5 cm³/mol. The zero-order chi connectivity index (χ0) is 18.7. The molecule has 1 heterocycles. The second-order valence-electron chi connectivity index (χ2n) is 5.30. The maximum atomic E-state index is 12.2. The van der Waals surface area contributed by atoms with Crippen LogP contribution >= 0.6 is 15.9 Å². The number of halogens is 1. The van der Waals surface area contributed by atoms with Gasteiger partial charge >= 0.3 is 0 Å². The molecule has 0 atom stereocenters. The maximum Gasteiger partial charge on any atom is 0.271 e. The van der Waals surface area contributed by atoms with E-state index in [0.717, 1.165) is 4.47 Å². The number of methoxy groups -OCH3 is 1. The molecule has 0 aliphatic carbocycles. The van der Waals surface area contributed by atoms with Crippen molar-refractivity contribution in [1.82, 2.24) is 5.43 Å². The highest BCUT2D eigenvalue weighted by molar-refractivity contribution is 9.10. The summed E-state index contributed by atoms with van der Waals surface area (Å²) in [6.45, 7) is 0. The molecule has 0 saturated carbocycles. The van der Waals surface area contributed by atoms with Gasteiger partial charge in [0.1, 0.15) is 16.9 Å². The molecule has 8 heteroatoms. The van der Waals surface area contributed by atoms with E-state index in [-0.39, 0.29) is 11.1 Å². The Hall–Kier alpha value is -3.13. The number of ether oxygens (including phenoxy) is 1. The Balaban J connectivity index is 2.02. The lowest BCUT2D eigenvalue weighted by molar-refractivity contribution is 0.0946. The Morgan fingerprint density at radius 3 is 2.69 bits per heavy atom. The highest BCUT2D eigenvalue weighted by atomic mass is 79.9. The van der Waals surface area contributed by atoms with E-state index in [2.05, 4.69) is 26.5 Å². The SMILES string of the molecule is COc1ccc2oc(=NNC(=O)c3cccc(Br)c3)c(C(N)=O)cc2c1. The van der Waals surface area contributed by atoms with Crippen LogP contribution in [0.15, 0.2) is 62.5 Å². The molecule has 0 saturated heterocycles. The second kappa shape index (κ2) is 7.40. The fraction of sp³-hybridized carbons (Fsp3) is 0.0556. The highest BCUT2D eigenvalue weighted by Crippen LogP contribution is 2.20. The molecule has 0 aliphatic rings. The molecule has 0 unspecified atom stereocenters. The van der Waals surface area contributed by atoms with Gasteiger partial charge in [-0.15, -0.1) is 5.10 Å². The van der Waals surface area contributed by atoms with Gasteiger partial charge in [-0.3, -0.25) is 9.59 Å². The van der Waals surface area contributed by atoms with E-state index in [0.29, 0.717) is 22.3 Å². The fourth-order valence-electron chi connectivity index (χ4n) is 2.29. The van der Waals surface area contributed by atoms with Gasteiger partial charge in [0.25, 0.3) is 11.8 Å². The number of rotatable bonds is 4. The first-order chi connectivity index (χ1) is 12.5. The first kappa shape index (κ1) is 17.7. The third kappa shape index (κ3) is 3.75. The number of hydrogen-bond acceptors (Lipinski definition) is 5. The Morgan fingerprint density at radius 2 is 2.00 bits per heavy atom. The third-order valence-electron chi connectivity index (χ3n) is 3.57. The van der Waals surface area contributed by atoms with Gasteiger partial charge in [-0.05, 0) is 42.5 Å². The summed E-state index contributed by atoms with van der Waals surface area (Å²) in [7, 11) is 1.54. The van der Waals surface area contributed by atoms with Crippen LogP contribution < -0.4 is 21.5 Å². The topological polar surface area (TPSA) is 107 Å². The molecule has 0 bridgehead atoms. The van der Waals surface area contributed by atoms with Crippen molar-refractivity contribution >= 4 is 38.7 Å². The lowest BCUT2D eigenvalue weighted by atomic mass is 10.1. The van der Waals surface area contributed by atoms with Gasteiger partial charge < -0.3 is 14.9 Å². The summed E-state index contributed by atoms with van der Waals surface area (Å²) in [4.78, 5) is 23.9. The standard InChI is InChI=1S/C18H14BrN3O4/c1-25-13-5-6-15-11(8-13)9-14(16(20)23)18(26-15)22-21-17(24)10-3-2-4-12(19)7-10/h2-9H,1H3,(H2,20,23)(H,21,24). The van der Waals surface area contributed by atoms with Gasteiger partial charge in [-0.2, -0.15) is 0 Å². The molecule has 2 aromatic carbocycles. The number of carbonyl (C=O) groups is 2. The molecule has 3 rings (SSSR count). The number of nitrogens with zero attached hydrogens (tertiary/aromatic N) is 1. The molecule has 3 N–H and O–H groups in total. The molecule has 26 heavy (non-hydrogen) atoms. The molecule has 0 aliphatic heterocycles. The normalized spacial score (nSPS) is 11.4. The summed E-state index contributed by atoms with van der Waals surface area (Å²) < 4.78 is 11.5. The summed E-state index contributed by atoms with van der Waals surface area (Å²) >= 11 is 3.30. The highest BCUT2D eigenvalue weighted by Gasteiger charge is 2.11. The number of amides is 2. The van der Waals surface area contributed by atoms with Gasteiger partial charge in [0.05, 0.1) is 7.11 Å². The van der Waals surface area contributed by atoms with E-state index in [9.17, 15) is 9.59 Å². The summed E-state index contributed by atoms with van der Waals surface area (Å²) in [5, 5.41) is 4.53. The molecular weight excluding hydrogens is 402 g/mol. The smallest absolute Gasteiger partial charge is 0.271 e. The Kier molecular flexibility index (Phi) is 5.04. The monoisotopic (exact) mass is 415 g/mol. The van der Waals surface area contributed by atoms with Gasteiger partial charge in [0, 0.05) is 15.4 Å². The molecule has 7 nitrogen and oxygen atoms in total. The lowest BCUT2D eigenvalue weighted by Crippen LogP contribution is -2.27. The zero-order valence-electron chi connectivity index (χ0n) is 13.7. The summed E-state index contributed by atoms with van der Waals surface area (Å²) in [6.07, 6.45) is 0. The van der Waals surface area contributed by atoms with Gasteiger partial charge in [0.15, 0.2) is 0 Å². The van der Waals surface area contributed by atoms with Crippen molar-refractivity contribution in [2.24, 2.45) is 10.8 Å². The van der Waals surface area contributed by atoms with Crippen LogP contribution in [0.3, 0.4) is 0 Å². The van der Waals surface area contributed by atoms with Crippen molar-refractivity contribution in [1.29, 1.82) is 0 Å². The van der Waals surface area contributed by atoms with E-state index >= 15 is 0 Å². The van der Waals surface area contributed by atoms with Gasteiger partial charge in [-0.25, -0.2) is 5.43 Å². The Morgan fingerprint density at radius 1 is 1.19 bits per heavy atom. The minimum atomic E-state index is -0.728. The van der Waals surface area contributed by atoms with E-state index in [4.69, 9.17) is 14.9 Å². The van der Waals surface area contributed by atoms with Crippen LogP contribution in [0.4, 0.5) is 0 Å². The van der Waals surface area contributed by atoms with E-state index in [1.807, 2.05) is 0 Å². The molecule has 132 valence electrons. The molecule has 1 aromatic heterocycles. The van der Waals surface area contributed by atoms with Crippen molar-refractivity contribution < 1.29 is 18.7 Å². The summed E-state index contributed by atoms with van der Waals surface area (Å²) in [5.74, 6) is -0.573. The first-order valence-electron chi connectivity index (χ1n) is 7.49. The molecule has 2 amide bonds. The van der Waals surface area contributed by atoms with Gasteiger partial charge in [0.2, 0.25) is 5.55 Å². The minimum Gasteiger partial charge on any atom is -0.497 e. The number of carbonyl (C=O) groups excluding carboxylic acids is 2. The molecule has 0 radical (unpaired) electrons. The number of benzene rings is 2. The minimum absolute atomic E-state index is 0.0419. The van der Waals surface area contributed by atoms with Crippen LogP contribution in [0.1, 0.15) is 20.7 Å². The Bertz CT molecular complexity index is 1080. The molecule has 0 spiro atoms. The van der Waals surface area contributed by atoms with E-state index in [1.54, 1.807) is 42.5 Å². The van der Waals surface area contributed by atoms with E-state index < -0.39 is 11.8 Å². The van der Waals surface area contributed by atoms with Crippen molar-refractivity contribution in [3.05, 3.63) is 69.7 Å². The van der Waals surface area contributed by atoms with Crippen LogP contribution in [0.25, 0.3) is 11.0 Å². The summed E-state index contributed by atoms with van der Waals surface area (Å²) in [5.41, 5.74) is 8.59. The van der Waals surface area contributed by atoms with Gasteiger partial charge in [-0.1, -0.05) is 22.0 Å². The van der Waals surface area contributed by atoms with Crippen molar-refractivity contribution in [2.45, 2.75) is 0 Å². The van der Waals surface area contributed by atoms with Crippen molar-refractivity contribution in [2.75, 3.05) is 7.11 Å². The second-order valence-corrected chi connectivity index (χ2v) is 6.21. The number of hydrogen-bond donors (Lipinski definition) is 2. The van der Waals surface area contributed by atoms with Crippen LogP contribution in [0.5, 0.6) is 5.75 Å². The number of fused-ring (bicyclic) bond motifs is 1. The third-order valence-corrected chi connectivity index (χ3v) is 4.06. The number of nitrogens with two attached hydrogens (primary N) is 1. The quantitative estimate of drug-likeness (QED) is 0.638. The average molecular weight is 416 g/mol. The Labute approximate surface area is 156 Å². The van der Waals surface area contributed by atoms with E-state index in [1.165, 1.54) is 13.2 Å². The number of primary amides is 1. The van der Waals surface area contributed by atoms with Crippen molar-refractivity contribution in [3.8, 4) is 5.75 Å². The zero-order valence-corrected chi connectivity index (χ0v) is 15.2. The van der Waals surface area contributed by atoms with Crippen LogP contribution in [-0.2, 0) is 0 Å². The fourth-order valence-corrected chi connectivity index (χ4v) is 2.69. The van der Waals surface area contributed by atoms with Crippen LogP contribution in [0, 0.1) is 0 Å². The average Bonchev–Trinajstić information content (AvgIpc) is 2.64. The van der Waals surface area contributed by atoms with Crippen LogP contribution in [-0.4, -0.2) is 18.9 Å². The number of nitrogens with one attached hydrogen (secondary N) is 1. The predicted octanol–water partition coefficient (Wildman–Crippen LogP) is 2.55. The van der Waals surface area contributed by atoms with Crippen molar-refractivity contribution in [3.63, 3.8) is 0 Å². The summed E-state index contributed by atoms with van der Waals surface area (Å²) in [6, 6.07) is 13.4. The molecular formula is C18H14BrN3O4. The van der Waals surface area contributed by atoms with Crippen LogP contribution in [0.2, 0.25) is 0 Å².